The zero-order valence-electron chi connectivity index (χ0n) is 9.86. The van der Waals surface area contributed by atoms with Crippen molar-refractivity contribution in [1.29, 1.82) is 0 Å². The van der Waals surface area contributed by atoms with Gasteiger partial charge in [0.2, 0.25) is 5.60 Å². The molecule has 0 atom stereocenters. The molecule has 0 spiro atoms. The van der Waals surface area contributed by atoms with Gasteiger partial charge in [-0.1, -0.05) is 6.42 Å². The maximum atomic E-state index is 13.6. The van der Waals surface area contributed by atoms with Crippen LogP contribution in [0.1, 0.15) is 32.1 Å². The van der Waals surface area contributed by atoms with E-state index in [1.807, 2.05) is 0 Å². The number of carboxylic acids is 1. The Morgan fingerprint density at radius 1 is 1.44 bits per heavy atom. The zero-order valence-corrected chi connectivity index (χ0v) is 9.86. The van der Waals surface area contributed by atoms with Crippen LogP contribution in [0.2, 0.25) is 0 Å². The van der Waals surface area contributed by atoms with Gasteiger partial charge in [0.25, 0.3) is 5.88 Å². The number of aliphatic carboxylic acids is 1. The smallest absolute Gasteiger partial charge is 0.348 e. The highest BCUT2D eigenvalue weighted by Gasteiger charge is 2.43. The van der Waals surface area contributed by atoms with E-state index in [9.17, 15) is 14.3 Å². The average molecular weight is 254 g/mol. The van der Waals surface area contributed by atoms with E-state index in [0.717, 1.165) is 25.3 Å². The molecule has 1 heterocycles. The predicted molar refractivity (Wildman–Crippen MR) is 62.7 cm³/mol. The molecule has 98 valence electrons. The first-order valence-corrected chi connectivity index (χ1v) is 5.87. The van der Waals surface area contributed by atoms with E-state index in [0.29, 0.717) is 12.8 Å². The lowest BCUT2D eigenvalue weighted by Crippen LogP contribution is -2.46. The van der Waals surface area contributed by atoms with Crippen LogP contribution >= 0.6 is 0 Å². The van der Waals surface area contributed by atoms with Gasteiger partial charge >= 0.3 is 5.97 Å². The van der Waals surface area contributed by atoms with Gasteiger partial charge in [0.15, 0.2) is 5.82 Å². The van der Waals surface area contributed by atoms with Crippen LogP contribution in [-0.2, 0) is 4.79 Å². The summed E-state index contributed by atoms with van der Waals surface area (Å²) >= 11 is 0. The SMILES string of the molecule is Nc1cnc(OC2(C(=O)O)CCCCC2)c(F)c1. The number of anilines is 1. The van der Waals surface area contributed by atoms with Crippen LogP contribution in [0, 0.1) is 5.82 Å². The van der Waals surface area contributed by atoms with Crippen LogP contribution in [0.3, 0.4) is 0 Å². The van der Waals surface area contributed by atoms with Crippen molar-refractivity contribution in [1.82, 2.24) is 4.98 Å². The lowest BCUT2D eigenvalue weighted by Gasteiger charge is -2.33. The first kappa shape index (κ1) is 12.6. The highest BCUT2D eigenvalue weighted by Crippen LogP contribution is 2.33. The Labute approximate surface area is 104 Å². The van der Waals surface area contributed by atoms with Gasteiger partial charge in [-0.2, -0.15) is 0 Å². The molecule has 5 nitrogen and oxygen atoms in total. The third-order valence-electron chi connectivity index (χ3n) is 3.17. The number of nitrogen functional groups attached to an aromatic ring is 1. The van der Waals surface area contributed by atoms with Crippen LogP contribution in [0.5, 0.6) is 5.88 Å². The fraction of sp³-hybridized carbons (Fsp3) is 0.500. The fourth-order valence-electron chi connectivity index (χ4n) is 2.18. The van der Waals surface area contributed by atoms with Crippen LogP contribution < -0.4 is 10.5 Å². The molecule has 1 aliphatic carbocycles. The van der Waals surface area contributed by atoms with Gasteiger partial charge in [-0.25, -0.2) is 14.2 Å². The molecule has 1 saturated carbocycles. The molecule has 0 amide bonds. The number of hydrogen-bond donors (Lipinski definition) is 2. The van der Waals surface area contributed by atoms with Gasteiger partial charge in [0.05, 0.1) is 11.9 Å². The maximum Gasteiger partial charge on any atom is 0.348 e. The molecule has 3 N–H and O–H groups in total. The molecule has 1 fully saturated rings. The number of nitrogens with zero attached hydrogens (tertiary/aromatic N) is 1. The Hall–Kier alpha value is -1.85. The number of hydrogen-bond acceptors (Lipinski definition) is 4. The molecule has 2 rings (SSSR count). The molecule has 1 aromatic heterocycles. The standard InChI is InChI=1S/C12H15FN2O3/c13-9-6-8(14)7-15-10(9)18-12(11(16)17)4-2-1-3-5-12/h6-7H,1-5,14H2,(H,16,17). The number of carbonyl (C=O) groups is 1. The second-order valence-electron chi connectivity index (χ2n) is 4.52. The summed E-state index contributed by atoms with van der Waals surface area (Å²) in [6.07, 6.45) is 4.46. The van der Waals surface area contributed by atoms with Crippen molar-refractivity contribution in [2.24, 2.45) is 0 Å². The average Bonchev–Trinajstić information content (AvgIpc) is 2.34. The van der Waals surface area contributed by atoms with Gasteiger partial charge in [-0.05, 0) is 25.7 Å². The lowest BCUT2D eigenvalue weighted by atomic mass is 9.84. The normalized spacial score (nSPS) is 18.3. The van der Waals surface area contributed by atoms with Crippen molar-refractivity contribution in [2.75, 3.05) is 5.73 Å². The van der Waals surface area contributed by atoms with E-state index in [2.05, 4.69) is 4.98 Å². The lowest BCUT2D eigenvalue weighted by molar-refractivity contribution is -0.158. The molecular formula is C12H15FN2O3. The number of pyridine rings is 1. The molecule has 0 saturated heterocycles. The first-order valence-electron chi connectivity index (χ1n) is 5.87. The van der Waals surface area contributed by atoms with E-state index in [4.69, 9.17) is 10.5 Å². The Bertz CT molecular complexity index is 459. The minimum absolute atomic E-state index is 0.174. The molecule has 0 aliphatic heterocycles. The van der Waals surface area contributed by atoms with Gasteiger partial charge < -0.3 is 15.6 Å². The van der Waals surface area contributed by atoms with Crippen LogP contribution in [0.4, 0.5) is 10.1 Å². The minimum atomic E-state index is -1.36. The van der Waals surface area contributed by atoms with Gasteiger partial charge in [-0.15, -0.1) is 0 Å². The fourth-order valence-corrected chi connectivity index (χ4v) is 2.18. The number of aromatic nitrogens is 1. The monoisotopic (exact) mass is 254 g/mol. The maximum absolute atomic E-state index is 13.6. The third kappa shape index (κ3) is 2.37. The van der Waals surface area contributed by atoms with Crippen molar-refractivity contribution in [3.8, 4) is 5.88 Å². The van der Waals surface area contributed by atoms with Gasteiger partial charge in [0.1, 0.15) is 0 Å². The minimum Gasteiger partial charge on any atom is -0.478 e. The van der Waals surface area contributed by atoms with Crippen LogP contribution in [-0.4, -0.2) is 21.7 Å². The van der Waals surface area contributed by atoms with Crippen LogP contribution in [0.15, 0.2) is 12.3 Å². The second kappa shape index (κ2) is 4.80. The van der Waals surface area contributed by atoms with Crippen LogP contribution in [0.25, 0.3) is 0 Å². The Balaban J connectivity index is 2.26. The highest BCUT2D eigenvalue weighted by atomic mass is 19.1. The van der Waals surface area contributed by atoms with E-state index in [1.165, 1.54) is 6.20 Å². The summed E-state index contributed by atoms with van der Waals surface area (Å²) in [5.41, 5.74) is 4.19. The van der Waals surface area contributed by atoms with Gasteiger partial charge in [0, 0.05) is 6.07 Å². The second-order valence-corrected chi connectivity index (χ2v) is 4.52. The Morgan fingerprint density at radius 2 is 2.11 bits per heavy atom. The summed E-state index contributed by atoms with van der Waals surface area (Å²) in [7, 11) is 0. The molecule has 6 heteroatoms. The molecule has 1 aromatic rings. The first-order chi connectivity index (χ1) is 8.53. The summed E-state index contributed by atoms with van der Waals surface area (Å²) < 4.78 is 18.9. The zero-order chi connectivity index (χ0) is 13.2. The Morgan fingerprint density at radius 3 is 2.67 bits per heavy atom. The van der Waals surface area contributed by atoms with E-state index >= 15 is 0 Å². The summed E-state index contributed by atoms with van der Waals surface area (Å²) in [6, 6.07) is 1.07. The van der Waals surface area contributed by atoms with E-state index < -0.39 is 17.4 Å². The molecular weight excluding hydrogens is 239 g/mol. The summed E-state index contributed by atoms with van der Waals surface area (Å²) in [5, 5.41) is 9.30. The number of rotatable bonds is 3. The number of carboxylic acid groups (broad SMARTS) is 1. The molecule has 0 unspecified atom stereocenters. The number of halogens is 1. The van der Waals surface area contributed by atoms with E-state index in [1.54, 1.807) is 0 Å². The topological polar surface area (TPSA) is 85.4 Å². The van der Waals surface area contributed by atoms with Crippen molar-refractivity contribution in [3.63, 3.8) is 0 Å². The molecule has 1 aliphatic rings. The van der Waals surface area contributed by atoms with Gasteiger partial charge in [-0.3, -0.25) is 0 Å². The number of ether oxygens (including phenoxy) is 1. The molecule has 0 bridgehead atoms. The largest absolute Gasteiger partial charge is 0.478 e. The summed E-state index contributed by atoms with van der Waals surface area (Å²) in [4.78, 5) is 15.1. The quantitative estimate of drug-likeness (QED) is 0.861. The Kier molecular flexibility index (Phi) is 3.36. The molecule has 0 aromatic carbocycles. The van der Waals surface area contributed by atoms with Crippen molar-refractivity contribution >= 4 is 11.7 Å². The summed E-state index contributed by atoms with van der Waals surface area (Å²) in [5.74, 6) is -2.10. The highest BCUT2D eigenvalue weighted by molar-refractivity contribution is 5.78. The van der Waals surface area contributed by atoms with Crippen molar-refractivity contribution < 1.29 is 19.0 Å². The summed E-state index contributed by atoms with van der Waals surface area (Å²) in [6.45, 7) is 0. The van der Waals surface area contributed by atoms with Crippen molar-refractivity contribution in [2.45, 2.75) is 37.7 Å². The molecule has 0 radical (unpaired) electrons. The number of nitrogens with two attached hydrogens (primary N) is 1. The van der Waals surface area contributed by atoms with E-state index in [-0.39, 0.29) is 11.6 Å². The predicted octanol–water partition coefficient (Wildman–Crippen LogP) is 1.97. The third-order valence-corrected chi connectivity index (χ3v) is 3.17. The molecule has 18 heavy (non-hydrogen) atoms. The van der Waals surface area contributed by atoms with Crippen molar-refractivity contribution in [3.05, 3.63) is 18.1 Å².